The van der Waals surface area contributed by atoms with Gasteiger partial charge in [0.1, 0.15) is 5.82 Å². The average Bonchev–Trinajstić information content (AvgIpc) is 3.51. The van der Waals surface area contributed by atoms with Crippen LogP contribution in [0.15, 0.2) is 77.4 Å². The molecule has 0 saturated heterocycles. The number of carboxylic acids is 1. The average molecular weight is 601 g/mol. The van der Waals surface area contributed by atoms with Crippen molar-refractivity contribution in [2.45, 2.75) is 75.8 Å². The van der Waals surface area contributed by atoms with Gasteiger partial charge in [-0.3, -0.25) is 0 Å². The van der Waals surface area contributed by atoms with E-state index in [1.165, 1.54) is 28.0 Å². The first-order valence-corrected chi connectivity index (χ1v) is 15.8. The zero-order chi connectivity index (χ0) is 31.3. The Kier molecular flexibility index (Phi) is 12.4. The molecule has 1 aliphatic carbocycles. The Morgan fingerprint density at radius 1 is 1.02 bits per heavy atom. The maximum atomic E-state index is 11.9. The summed E-state index contributed by atoms with van der Waals surface area (Å²) in [6.45, 7) is 0.339. The minimum atomic E-state index is -1.04. The number of fused-ring (bicyclic) bond motifs is 2. The number of anilines is 1. The van der Waals surface area contributed by atoms with Crippen LogP contribution >= 0.6 is 0 Å². The maximum absolute atomic E-state index is 11.9. The van der Waals surface area contributed by atoms with Gasteiger partial charge in [-0.25, -0.2) is 9.79 Å². The van der Waals surface area contributed by atoms with Gasteiger partial charge in [0.15, 0.2) is 5.96 Å². The number of hydrogen-bond donors (Lipinski definition) is 7. The molecule has 0 fully saturated rings. The highest BCUT2D eigenvalue weighted by molar-refractivity contribution is 5.87. The summed E-state index contributed by atoms with van der Waals surface area (Å²) in [7, 11) is 0. The number of aliphatic hydroxyl groups excluding tert-OH is 1. The van der Waals surface area contributed by atoms with Crippen molar-refractivity contribution in [2.24, 2.45) is 28.1 Å². The highest BCUT2D eigenvalue weighted by Gasteiger charge is 2.30. The largest absolute Gasteiger partial charge is 0.478 e. The van der Waals surface area contributed by atoms with Crippen molar-refractivity contribution >= 4 is 34.6 Å². The topological polar surface area (TPSA) is 176 Å². The lowest BCUT2D eigenvalue weighted by Gasteiger charge is -2.34. The normalized spacial score (nSPS) is 17.6. The van der Waals surface area contributed by atoms with Gasteiger partial charge >= 0.3 is 5.97 Å². The molecule has 0 spiro atoms. The number of nitrogens with zero attached hydrogens (tertiary/aromatic N) is 1. The molecule has 44 heavy (non-hydrogen) atoms. The number of aliphatic hydroxyl groups is 1. The number of hydrogen-bond acceptors (Lipinski definition) is 5. The van der Waals surface area contributed by atoms with Crippen molar-refractivity contribution in [1.29, 1.82) is 0 Å². The molecule has 9 heteroatoms. The number of aliphatic imine (C=N–C) groups is 1. The Labute approximate surface area is 260 Å². The van der Waals surface area contributed by atoms with Crippen LogP contribution in [0.2, 0.25) is 0 Å². The Balaban J connectivity index is 1.59. The number of H-pyrrole nitrogens is 1. The molecule has 4 rings (SSSR count). The standard InChI is InChI=1S/C35H48N6O3/c36-29(11-3-1-2-6-18-42)12-7-13-30-27(16-15-26-19-24-9-4-5-10-25(24)20-31(26)30)21-32(41-33-14-8-17-39-33)28(22-34(43)44)23-40-35(37)38/h4-5,8-10,14-17,19-20,22,27,29-30,32,39,41-42H,1-3,6-7,11-13,18,21,23,36H2,(H,43,44)(H4,37,38,40)/b28-22+/t27-,29+,30-,32+/m0/s1. The number of unbranched alkanes of at least 4 members (excludes halogenated alkanes) is 3. The zero-order valence-electron chi connectivity index (χ0n) is 25.5. The molecule has 9 nitrogen and oxygen atoms in total. The molecule has 2 aromatic carbocycles. The number of benzene rings is 2. The van der Waals surface area contributed by atoms with Crippen LogP contribution in [0, 0.1) is 5.92 Å². The zero-order valence-corrected chi connectivity index (χ0v) is 25.5. The molecular weight excluding hydrogens is 552 g/mol. The summed E-state index contributed by atoms with van der Waals surface area (Å²) in [5.74, 6) is 0.0484. The molecule has 4 atom stereocenters. The molecular formula is C35H48N6O3. The van der Waals surface area contributed by atoms with E-state index >= 15 is 0 Å². The fourth-order valence-corrected chi connectivity index (χ4v) is 6.34. The first kappa shape index (κ1) is 32.8. The summed E-state index contributed by atoms with van der Waals surface area (Å²) in [6.07, 6.45) is 16.2. The van der Waals surface area contributed by atoms with Gasteiger partial charge in [0.25, 0.3) is 0 Å². The Bertz CT molecular complexity index is 1430. The molecule has 0 aliphatic heterocycles. The lowest BCUT2D eigenvalue weighted by atomic mass is 9.73. The number of aliphatic carboxylic acids is 1. The van der Waals surface area contributed by atoms with Gasteiger partial charge in [0.2, 0.25) is 0 Å². The van der Waals surface area contributed by atoms with Crippen molar-refractivity contribution in [3.8, 4) is 0 Å². The number of rotatable bonds is 18. The molecule has 0 bridgehead atoms. The highest BCUT2D eigenvalue weighted by atomic mass is 16.4. The van der Waals surface area contributed by atoms with E-state index in [0.29, 0.717) is 12.0 Å². The van der Waals surface area contributed by atoms with Crippen LogP contribution in [0.5, 0.6) is 0 Å². The number of nitrogens with one attached hydrogen (secondary N) is 2. The Hall–Kier alpha value is -4.08. The first-order chi connectivity index (χ1) is 21.3. The van der Waals surface area contributed by atoms with E-state index < -0.39 is 5.97 Å². The summed E-state index contributed by atoms with van der Waals surface area (Å²) in [5.41, 5.74) is 21.0. The SMILES string of the molecule is NC(N)=NC/C(=C\C(=O)O)[C@@H](C[C@@H]1C=Cc2cc3ccccc3cc2[C@H]1CCC[C@H](N)CCCCCCO)Nc1ccc[nH]1. The third kappa shape index (κ3) is 9.72. The van der Waals surface area contributed by atoms with Crippen molar-refractivity contribution < 1.29 is 15.0 Å². The molecule has 0 saturated carbocycles. The minimum Gasteiger partial charge on any atom is -0.478 e. The molecule has 1 aliphatic rings. The van der Waals surface area contributed by atoms with E-state index in [2.05, 4.69) is 63.8 Å². The van der Waals surface area contributed by atoms with Gasteiger partial charge in [-0.05, 0) is 89.6 Å². The predicted molar refractivity (Wildman–Crippen MR) is 180 cm³/mol. The highest BCUT2D eigenvalue weighted by Crippen LogP contribution is 2.42. The molecule has 3 aromatic rings. The Morgan fingerprint density at radius 2 is 1.77 bits per heavy atom. The van der Waals surface area contributed by atoms with Crippen LogP contribution in [-0.4, -0.2) is 52.4 Å². The quantitative estimate of drug-likeness (QED) is 0.0437. The number of aromatic amines is 1. The molecule has 0 amide bonds. The molecule has 0 unspecified atom stereocenters. The summed E-state index contributed by atoms with van der Waals surface area (Å²) < 4.78 is 0. The van der Waals surface area contributed by atoms with Gasteiger partial charge in [0.05, 0.1) is 12.6 Å². The summed E-state index contributed by atoms with van der Waals surface area (Å²) >= 11 is 0. The van der Waals surface area contributed by atoms with E-state index in [0.717, 1.165) is 57.2 Å². The molecule has 0 radical (unpaired) electrons. The van der Waals surface area contributed by atoms with Crippen molar-refractivity contribution in [1.82, 2.24) is 4.98 Å². The maximum Gasteiger partial charge on any atom is 0.328 e. The van der Waals surface area contributed by atoms with Gasteiger partial charge in [-0.2, -0.15) is 0 Å². The van der Waals surface area contributed by atoms with E-state index in [4.69, 9.17) is 22.3 Å². The third-order valence-corrected chi connectivity index (χ3v) is 8.60. The van der Waals surface area contributed by atoms with Crippen LogP contribution in [-0.2, 0) is 4.79 Å². The summed E-state index contributed by atoms with van der Waals surface area (Å²) in [6, 6.07) is 16.7. The second kappa shape index (κ2) is 16.7. The number of allylic oxidation sites excluding steroid dienone is 1. The van der Waals surface area contributed by atoms with E-state index in [-0.39, 0.29) is 43.0 Å². The summed E-state index contributed by atoms with van der Waals surface area (Å²) in [4.78, 5) is 19.2. The van der Waals surface area contributed by atoms with E-state index in [1.54, 1.807) is 0 Å². The molecule has 236 valence electrons. The van der Waals surface area contributed by atoms with Gasteiger partial charge in [-0.15, -0.1) is 0 Å². The van der Waals surface area contributed by atoms with Crippen LogP contribution in [0.1, 0.15) is 74.8 Å². The van der Waals surface area contributed by atoms with Gasteiger partial charge < -0.3 is 37.7 Å². The van der Waals surface area contributed by atoms with Crippen LogP contribution < -0.4 is 22.5 Å². The van der Waals surface area contributed by atoms with Crippen molar-refractivity contribution in [2.75, 3.05) is 18.5 Å². The monoisotopic (exact) mass is 600 g/mol. The lowest BCUT2D eigenvalue weighted by molar-refractivity contribution is -0.131. The van der Waals surface area contributed by atoms with Crippen LogP contribution in [0.25, 0.3) is 16.8 Å². The first-order valence-electron chi connectivity index (χ1n) is 15.8. The summed E-state index contributed by atoms with van der Waals surface area (Å²) in [5, 5.41) is 24.7. The number of aromatic nitrogens is 1. The number of carbonyl (C=O) groups is 1. The fraction of sp³-hybridized carbons (Fsp3) is 0.429. The van der Waals surface area contributed by atoms with Gasteiger partial charge in [-0.1, -0.05) is 68.2 Å². The smallest absolute Gasteiger partial charge is 0.328 e. The molecule has 10 N–H and O–H groups in total. The van der Waals surface area contributed by atoms with E-state index in [1.807, 2.05) is 18.3 Å². The van der Waals surface area contributed by atoms with Crippen LogP contribution in [0.3, 0.4) is 0 Å². The number of nitrogens with two attached hydrogens (primary N) is 3. The van der Waals surface area contributed by atoms with Crippen molar-refractivity contribution in [3.63, 3.8) is 0 Å². The lowest BCUT2D eigenvalue weighted by Crippen LogP contribution is -2.31. The van der Waals surface area contributed by atoms with Crippen molar-refractivity contribution in [3.05, 3.63) is 83.6 Å². The fourth-order valence-electron chi connectivity index (χ4n) is 6.34. The van der Waals surface area contributed by atoms with Crippen LogP contribution in [0.4, 0.5) is 5.82 Å². The predicted octanol–water partition coefficient (Wildman–Crippen LogP) is 5.49. The van der Waals surface area contributed by atoms with Gasteiger partial charge in [0, 0.05) is 24.9 Å². The number of carboxylic acid groups (broad SMARTS) is 1. The molecule has 1 heterocycles. The second-order valence-electron chi connectivity index (χ2n) is 11.9. The Morgan fingerprint density at radius 3 is 2.48 bits per heavy atom. The third-order valence-electron chi connectivity index (χ3n) is 8.60. The minimum absolute atomic E-state index is 0.0825. The van der Waals surface area contributed by atoms with E-state index in [9.17, 15) is 9.90 Å². The molecule has 1 aromatic heterocycles. The second-order valence-corrected chi connectivity index (χ2v) is 11.9. The number of guanidine groups is 1.